The molecule has 0 amide bonds. The third-order valence-electron chi connectivity index (χ3n) is 4.90. The highest BCUT2D eigenvalue weighted by atomic mass is 16.5. The van der Waals surface area contributed by atoms with Crippen molar-refractivity contribution in [2.24, 2.45) is 0 Å². The minimum atomic E-state index is 0.927. The van der Waals surface area contributed by atoms with Crippen LogP contribution in [-0.4, -0.2) is 19.2 Å². The van der Waals surface area contributed by atoms with Gasteiger partial charge in [-0.15, -0.1) is 0 Å². The van der Waals surface area contributed by atoms with Gasteiger partial charge in [0, 0.05) is 11.3 Å². The van der Waals surface area contributed by atoms with Gasteiger partial charge in [0.2, 0.25) is 0 Å². The zero-order valence-electron chi connectivity index (χ0n) is 17.2. The second kappa shape index (κ2) is 7.43. The van der Waals surface area contributed by atoms with E-state index >= 15 is 0 Å². The molecule has 0 aliphatic heterocycles. The zero-order valence-corrected chi connectivity index (χ0v) is 17.2. The van der Waals surface area contributed by atoms with Crippen LogP contribution in [0.5, 0.6) is 11.5 Å². The zero-order chi connectivity index (χ0) is 19.7. The lowest BCUT2D eigenvalue weighted by Crippen LogP contribution is -1.96. The SMILES string of the molecule is COc1c(C)cc(-c2[c]nc(C)cc2-c2cc(C)c(OC)c(C)c2)cc1C. The lowest BCUT2D eigenvalue weighted by atomic mass is 9.91. The van der Waals surface area contributed by atoms with E-state index in [0.717, 1.165) is 61.7 Å². The molecule has 3 aromatic rings. The number of aryl methyl sites for hydroxylation is 5. The molecule has 0 fully saturated rings. The lowest BCUT2D eigenvalue weighted by Gasteiger charge is -2.16. The van der Waals surface area contributed by atoms with Crippen LogP contribution in [0, 0.1) is 40.8 Å². The average Bonchev–Trinajstić information content (AvgIpc) is 2.61. The van der Waals surface area contributed by atoms with Gasteiger partial charge in [0.25, 0.3) is 0 Å². The number of benzene rings is 2. The molecule has 1 aromatic heterocycles. The summed E-state index contributed by atoms with van der Waals surface area (Å²) in [6.45, 7) is 10.3. The maximum absolute atomic E-state index is 5.53. The third kappa shape index (κ3) is 3.55. The van der Waals surface area contributed by atoms with Gasteiger partial charge in [-0.1, -0.05) is 0 Å². The first-order valence-electron chi connectivity index (χ1n) is 9.06. The normalized spacial score (nSPS) is 10.8. The van der Waals surface area contributed by atoms with Crippen molar-refractivity contribution < 1.29 is 9.47 Å². The summed E-state index contributed by atoms with van der Waals surface area (Å²) in [5.41, 5.74) is 9.77. The lowest BCUT2D eigenvalue weighted by molar-refractivity contribution is 0.408. The first-order chi connectivity index (χ1) is 12.8. The van der Waals surface area contributed by atoms with Crippen molar-refractivity contribution in [1.82, 2.24) is 4.98 Å². The van der Waals surface area contributed by atoms with Gasteiger partial charge in [-0.3, -0.25) is 4.98 Å². The molecule has 0 unspecified atom stereocenters. The topological polar surface area (TPSA) is 31.4 Å². The summed E-state index contributed by atoms with van der Waals surface area (Å²) in [5, 5.41) is 0. The maximum Gasteiger partial charge on any atom is 0.124 e. The molecular weight excluding hydrogens is 334 g/mol. The van der Waals surface area contributed by atoms with E-state index in [1.807, 2.05) is 6.92 Å². The van der Waals surface area contributed by atoms with Gasteiger partial charge in [-0.2, -0.15) is 0 Å². The Labute approximate surface area is 162 Å². The Kier molecular flexibility index (Phi) is 5.22. The molecule has 0 aliphatic rings. The molecule has 0 saturated carbocycles. The van der Waals surface area contributed by atoms with E-state index < -0.39 is 0 Å². The number of aromatic nitrogens is 1. The van der Waals surface area contributed by atoms with Crippen LogP contribution in [0.1, 0.15) is 27.9 Å². The van der Waals surface area contributed by atoms with Gasteiger partial charge in [0.15, 0.2) is 0 Å². The van der Waals surface area contributed by atoms with Crippen LogP contribution in [0.2, 0.25) is 0 Å². The van der Waals surface area contributed by atoms with Crippen molar-refractivity contribution in [2.75, 3.05) is 14.2 Å². The number of hydrogen-bond acceptors (Lipinski definition) is 3. The predicted octanol–water partition coefficient (Wildman–Crippen LogP) is 5.78. The summed E-state index contributed by atoms with van der Waals surface area (Å²) in [6.07, 6.45) is 3.26. The average molecular weight is 360 g/mol. The quantitative estimate of drug-likeness (QED) is 0.591. The van der Waals surface area contributed by atoms with Crippen molar-refractivity contribution in [2.45, 2.75) is 34.6 Å². The van der Waals surface area contributed by atoms with Crippen LogP contribution in [0.15, 0.2) is 30.3 Å². The predicted molar refractivity (Wildman–Crippen MR) is 111 cm³/mol. The largest absolute Gasteiger partial charge is 0.496 e. The summed E-state index contributed by atoms with van der Waals surface area (Å²) in [6, 6.07) is 10.7. The maximum atomic E-state index is 5.53. The molecule has 0 saturated heterocycles. The Balaban J connectivity index is 2.24. The Morgan fingerprint density at radius 1 is 0.667 bits per heavy atom. The van der Waals surface area contributed by atoms with Crippen molar-refractivity contribution in [3.63, 3.8) is 0 Å². The molecule has 1 radical (unpaired) electrons. The number of nitrogens with zero attached hydrogens (tertiary/aromatic N) is 1. The van der Waals surface area contributed by atoms with Crippen molar-refractivity contribution >= 4 is 0 Å². The Morgan fingerprint density at radius 3 is 1.56 bits per heavy atom. The smallest absolute Gasteiger partial charge is 0.124 e. The molecule has 139 valence electrons. The number of hydrogen-bond donors (Lipinski definition) is 0. The van der Waals surface area contributed by atoms with Gasteiger partial charge in [0.1, 0.15) is 11.5 Å². The number of methoxy groups -OCH3 is 2. The summed E-state index contributed by atoms with van der Waals surface area (Å²) in [4.78, 5) is 4.44. The molecule has 0 aliphatic carbocycles. The van der Waals surface area contributed by atoms with Crippen LogP contribution in [0.25, 0.3) is 22.3 Å². The van der Waals surface area contributed by atoms with Crippen LogP contribution < -0.4 is 9.47 Å². The van der Waals surface area contributed by atoms with Gasteiger partial charge in [-0.05, 0) is 104 Å². The van der Waals surface area contributed by atoms with Gasteiger partial charge >= 0.3 is 0 Å². The molecule has 1 heterocycles. The van der Waals surface area contributed by atoms with E-state index in [9.17, 15) is 0 Å². The molecule has 2 aromatic carbocycles. The van der Waals surface area contributed by atoms with Crippen LogP contribution in [-0.2, 0) is 0 Å². The fourth-order valence-corrected chi connectivity index (χ4v) is 3.81. The van der Waals surface area contributed by atoms with Gasteiger partial charge < -0.3 is 9.47 Å². The van der Waals surface area contributed by atoms with Crippen LogP contribution in [0.4, 0.5) is 0 Å². The van der Waals surface area contributed by atoms with Crippen LogP contribution in [0.3, 0.4) is 0 Å². The first kappa shape index (κ1) is 19.0. The second-order valence-corrected chi connectivity index (χ2v) is 7.08. The first-order valence-corrected chi connectivity index (χ1v) is 9.06. The molecule has 0 N–H and O–H groups in total. The Morgan fingerprint density at radius 2 is 1.11 bits per heavy atom. The number of ether oxygens (including phenoxy) is 2. The monoisotopic (exact) mass is 360 g/mol. The molecule has 3 heteroatoms. The molecule has 0 atom stereocenters. The molecule has 3 rings (SSSR count). The Hall–Kier alpha value is -2.81. The van der Waals surface area contributed by atoms with E-state index in [1.54, 1.807) is 14.2 Å². The molecule has 0 spiro atoms. The number of rotatable bonds is 4. The second-order valence-electron chi connectivity index (χ2n) is 7.08. The van der Waals surface area contributed by atoms with Crippen molar-refractivity contribution in [3.05, 3.63) is 64.5 Å². The summed E-state index contributed by atoms with van der Waals surface area (Å²) in [5.74, 6) is 1.86. The minimum Gasteiger partial charge on any atom is -0.496 e. The summed E-state index contributed by atoms with van der Waals surface area (Å²) in [7, 11) is 3.43. The van der Waals surface area contributed by atoms with Gasteiger partial charge in [-0.25, -0.2) is 0 Å². The summed E-state index contributed by atoms with van der Waals surface area (Å²) >= 11 is 0. The fourth-order valence-electron chi connectivity index (χ4n) is 3.81. The third-order valence-corrected chi connectivity index (χ3v) is 4.90. The van der Waals surface area contributed by atoms with E-state index in [1.165, 1.54) is 0 Å². The van der Waals surface area contributed by atoms with E-state index in [4.69, 9.17) is 9.47 Å². The standard InChI is InChI=1S/C24H26NO2/c1-14-8-19(9-15(2)23(14)26-6)21-12-18(5)25-13-22(21)20-10-16(3)24(27-7)17(4)11-20/h8-12H,1-7H3. The molecule has 27 heavy (non-hydrogen) atoms. The molecular formula is C24H26NO2. The highest BCUT2D eigenvalue weighted by Crippen LogP contribution is 2.38. The van der Waals surface area contributed by atoms with Crippen LogP contribution >= 0.6 is 0 Å². The molecule has 0 bridgehead atoms. The highest BCUT2D eigenvalue weighted by Gasteiger charge is 2.15. The van der Waals surface area contributed by atoms with Crippen molar-refractivity contribution in [1.29, 1.82) is 0 Å². The fraction of sp³-hybridized carbons (Fsp3) is 0.292. The van der Waals surface area contributed by atoms with Crippen molar-refractivity contribution in [3.8, 4) is 33.8 Å². The minimum absolute atomic E-state index is 0.927. The summed E-state index contributed by atoms with van der Waals surface area (Å²) < 4.78 is 11.0. The number of pyridine rings is 1. The molecule has 3 nitrogen and oxygen atoms in total. The Bertz CT molecular complexity index is 959. The van der Waals surface area contributed by atoms with E-state index in [0.29, 0.717) is 0 Å². The van der Waals surface area contributed by atoms with E-state index in [-0.39, 0.29) is 0 Å². The van der Waals surface area contributed by atoms with E-state index in [2.05, 4.69) is 69.2 Å². The highest BCUT2D eigenvalue weighted by molar-refractivity contribution is 5.84. The van der Waals surface area contributed by atoms with Gasteiger partial charge in [0.05, 0.1) is 20.4 Å².